The zero-order valence-electron chi connectivity index (χ0n) is 19.1. The van der Waals surface area contributed by atoms with E-state index in [2.05, 4.69) is 90.0 Å². The Kier molecular flexibility index (Phi) is 5.57. The number of aromatic amines is 1. The van der Waals surface area contributed by atoms with Crippen LogP contribution in [0.4, 0.5) is 0 Å². The summed E-state index contributed by atoms with van der Waals surface area (Å²) in [5.74, 6) is 0. The van der Waals surface area contributed by atoms with Crippen LogP contribution in [0.2, 0.25) is 0 Å². The van der Waals surface area contributed by atoms with Gasteiger partial charge in [-0.2, -0.15) is 0 Å². The minimum Gasteiger partial charge on any atom is -0.364 e. The van der Waals surface area contributed by atoms with Gasteiger partial charge in [-0.1, -0.05) is 50.8 Å². The fraction of sp³-hybridized carbons (Fsp3) is 0.276. The number of benzene rings is 2. The summed E-state index contributed by atoms with van der Waals surface area (Å²) < 4.78 is 0. The van der Waals surface area contributed by atoms with E-state index in [1.54, 1.807) is 0 Å². The highest BCUT2D eigenvalue weighted by Gasteiger charge is 2.30. The molecule has 1 unspecified atom stereocenters. The van der Waals surface area contributed by atoms with Gasteiger partial charge in [0.1, 0.15) is 0 Å². The van der Waals surface area contributed by atoms with E-state index in [1.807, 2.05) is 12.4 Å². The molecule has 0 saturated heterocycles. The molecule has 0 aliphatic carbocycles. The lowest BCUT2D eigenvalue weighted by Crippen LogP contribution is -2.35. The zero-order valence-corrected chi connectivity index (χ0v) is 19.1. The van der Waals surface area contributed by atoms with Crippen molar-refractivity contribution >= 4 is 16.6 Å². The zero-order chi connectivity index (χ0) is 22.1. The first-order valence-corrected chi connectivity index (χ1v) is 11.7. The molecule has 2 aromatic heterocycles. The number of aromatic nitrogens is 2. The largest absolute Gasteiger partial charge is 0.364 e. The fourth-order valence-corrected chi connectivity index (χ4v) is 5.27. The van der Waals surface area contributed by atoms with Crippen LogP contribution in [0.15, 0.2) is 73.7 Å². The van der Waals surface area contributed by atoms with Gasteiger partial charge in [0.05, 0.1) is 6.04 Å². The molecule has 3 heteroatoms. The van der Waals surface area contributed by atoms with Crippen molar-refractivity contribution in [3.63, 3.8) is 0 Å². The van der Waals surface area contributed by atoms with Gasteiger partial charge < -0.3 is 9.88 Å². The maximum atomic E-state index is 4.53. The predicted molar refractivity (Wildman–Crippen MR) is 134 cm³/mol. The molecule has 162 valence electrons. The van der Waals surface area contributed by atoms with Crippen molar-refractivity contribution in [2.45, 2.75) is 45.6 Å². The molecular formula is C29H31N3. The molecule has 1 atom stereocenters. The topological polar surface area (TPSA) is 31.9 Å². The van der Waals surface area contributed by atoms with E-state index in [-0.39, 0.29) is 6.04 Å². The normalized spacial score (nSPS) is 15.7. The van der Waals surface area contributed by atoms with E-state index in [9.17, 15) is 0 Å². The standard InChI is InChI=1S/C29H31N3/c1-4-21-16-24-12-15-32(20(3)23-10-13-30-14-11-23)29(27(24)17-22(21)5-2)18-25-19-31-28-9-7-6-8-26(25)28/h6-11,13-14,16-17,19,29,31H,3-5,12,15,18H2,1-2H3. The van der Waals surface area contributed by atoms with E-state index in [4.69, 9.17) is 0 Å². The molecule has 1 aliphatic rings. The number of rotatable bonds is 6. The lowest BCUT2D eigenvalue weighted by molar-refractivity contribution is 0.280. The molecule has 1 N–H and O–H groups in total. The van der Waals surface area contributed by atoms with Crippen LogP contribution in [-0.2, 0) is 25.7 Å². The molecular weight excluding hydrogens is 390 g/mol. The highest BCUT2D eigenvalue weighted by atomic mass is 15.2. The van der Waals surface area contributed by atoms with Crippen LogP contribution in [0.5, 0.6) is 0 Å². The Labute approximate surface area is 190 Å². The van der Waals surface area contributed by atoms with Gasteiger partial charge in [0, 0.05) is 47.3 Å². The third kappa shape index (κ3) is 3.62. The number of nitrogens with zero attached hydrogens (tertiary/aromatic N) is 2. The SMILES string of the molecule is C=C(c1ccncc1)N1CCc2cc(CC)c(CC)cc2C1Cc1c[nH]c2ccccc12. The molecule has 0 saturated carbocycles. The molecule has 1 aliphatic heterocycles. The van der Waals surface area contributed by atoms with Crippen molar-refractivity contribution < 1.29 is 0 Å². The number of aryl methyl sites for hydroxylation is 2. The first kappa shape index (κ1) is 20.6. The molecule has 3 heterocycles. The van der Waals surface area contributed by atoms with E-state index in [0.29, 0.717) is 0 Å². The van der Waals surface area contributed by atoms with E-state index in [1.165, 1.54) is 38.7 Å². The monoisotopic (exact) mass is 421 g/mol. The third-order valence-electron chi connectivity index (χ3n) is 7.03. The Bertz CT molecular complexity index is 1250. The number of hydrogen-bond donors (Lipinski definition) is 1. The number of nitrogens with one attached hydrogen (secondary N) is 1. The van der Waals surface area contributed by atoms with Gasteiger partial charge in [-0.3, -0.25) is 4.98 Å². The van der Waals surface area contributed by atoms with Gasteiger partial charge in [0.2, 0.25) is 0 Å². The summed E-state index contributed by atoms with van der Waals surface area (Å²) in [6.45, 7) is 10.1. The quantitative estimate of drug-likeness (QED) is 0.385. The van der Waals surface area contributed by atoms with Gasteiger partial charge >= 0.3 is 0 Å². The fourth-order valence-electron chi connectivity index (χ4n) is 5.27. The summed E-state index contributed by atoms with van der Waals surface area (Å²) in [4.78, 5) is 10.2. The highest BCUT2D eigenvalue weighted by Crippen LogP contribution is 2.39. The van der Waals surface area contributed by atoms with Crippen molar-refractivity contribution in [2.75, 3.05) is 6.54 Å². The van der Waals surface area contributed by atoms with Gasteiger partial charge in [-0.15, -0.1) is 0 Å². The molecule has 32 heavy (non-hydrogen) atoms. The van der Waals surface area contributed by atoms with Crippen LogP contribution in [0.25, 0.3) is 16.6 Å². The average Bonchev–Trinajstić information content (AvgIpc) is 3.26. The van der Waals surface area contributed by atoms with Gasteiger partial charge in [0.25, 0.3) is 0 Å². The van der Waals surface area contributed by atoms with Crippen LogP contribution in [0, 0.1) is 0 Å². The van der Waals surface area contributed by atoms with Crippen molar-refractivity contribution in [3.05, 3.63) is 107 Å². The second kappa shape index (κ2) is 8.66. The highest BCUT2D eigenvalue weighted by molar-refractivity contribution is 5.83. The maximum absolute atomic E-state index is 4.53. The molecule has 0 fully saturated rings. The lowest BCUT2D eigenvalue weighted by Gasteiger charge is -2.41. The van der Waals surface area contributed by atoms with Crippen LogP contribution in [-0.4, -0.2) is 21.4 Å². The lowest BCUT2D eigenvalue weighted by atomic mass is 9.84. The summed E-state index contributed by atoms with van der Waals surface area (Å²) in [6.07, 6.45) is 10.1. The Morgan fingerprint density at radius 2 is 1.78 bits per heavy atom. The minimum atomic E-state index is 0.259. The van der Waals surface area contributed by atoms with Crippen molar-refractivity contribution in [3.8, 4) is 0 Å². The van der Waals surface area contributed by atoms with Crippen LogP contribution in [0.1, 0.15) is 53.3 Å². The molecule has 0 radical (unpaired) electrons. The molecule has 0 amide bonds. The molecule has 5 rings (SSSR count). The Balaban J connectivity index is 1.61. The number of H-pyrrole nitrogens is 1. The van der Waals surface area contributed by atoms with Crippen molar-refractivity contribution in [1.82, 2.24) is 14.9 Å². The molecule has 0 bridgehead atoms. The van der Waals surface area contributed by atoms with Gasteiger partial charge in [-0.25, -0.2) is 0 Å². The second-order valence-corrected chi connectivity index (χ2v) is 8.73. The smallest absolute Gasteiger partial charge is 0.0586 e. The molecule has 3 nitrogen and oxygen atoms in total. The summed E-state index contributed by atoms with van der Waals surface area (Å²) >= 11 is 0. The van der Waals surface area contributed by atoms with Crippen molar-refractivity contribution in [1.29, 1.82) is 0 Å². The van der Waals surface area contributed by atoms with Crippen LogP contribution in [0.3, 0.4) is 0 Å². The van der Waals surface area contributed by atoms with Crippen LogP contribution >= 0.6 is 0 Å². The maximum Gasteiger partial charge on any atom is 0.0586 e. The third-order valence-corrected chi connectivity index (χ3v) is 7.03. The molecule has 0 spiro atoms. The number of pyridine rings is 1. The summed E-state index contributed by atoms with van der Waals surface area (Å²) in [6, 6.07) is 18.0. The number of fused-ring (bicyclic) bond motifs is 2. The Morgan fingerprint density at radius 3 is 2.56 bits per heavy atom. The number of para-hydroxylation sites is 1. The summed E-state index contributed by atoms with van der Waals surface area (Å²) in [7, 11) is 0. The first-order chi connectivity index (χ1) is 15.7. The summed E-state index contributed by atoms with van der Waals surface area (Å²) in [5, 5.41) is 1.31. The minimum absolute atomic E-state index is 0.259. The number of hydrogen-bond acceptors (Lipinski definition) is 2. The van der Waals surface area contributed by atoms with Crippen LogP contribution < -0.4 is 0 Å². The predicted octanol–water partition coefficient (Wildman–Crippen LogP) is 6.50. The van der Waals surface area contributed by atoms with Gasteiger partial charge in [-0.05, 0) is 71.7 Å². The van der Waals surface area contributed by atoms with Crippen molar-refractivity contribution in [2.24, 2.45) is 0 Å². The average molecular weight is 422 g/mol. The van der Waals surface area contributed by atoms with E-state index >= 15 is 0 Å². The van der Waals surface area contributed by atoms with Gasteiger partial charge in [0.15, 0.2) is 0 Å². The second-order valence-electron chi connectivity index (χ2n) is 8.73. The Morgan fingerprint density at radius 1 is 1.03 bits per heavy atom. The Hall–Kier alpha value is -3.33. The summed E-state index contributed by atoms with van der Waals surface area (Å²) in [5.41, 5.74) is 10.7. The van der Waals surface area contributed by atoms with E-state index < -0.39 is 0 Å². The molecule has 2 aromatic carbocycles. The van der Waals surface area contributed by atoms with E-state index in [0.717, 1.165) is 43.5 Å². The first-order valence-electron chi connectivity index (χ1n) is 11.7. The molecule has 4 aromatic rings.